The first kappa shape index (κ1) is 13.1. The van der Waals surface area contributed by atoms with E-state index in [9.17, 15) is 0 Å². The Bertz CT molecular complexity index is 339. The third kappa shape index (κ3) is 2.77. The highest BCUT2D eigenvalue weighted by Gasteiger charge is 2.19. The number of hydrogen-bond donors (Lipinski definition) is 1. The Balaban J connectivity index is 3.02. The zero-order valence-electron chi connectivity index (χ0n) is 11.2. The number of nitrogen functional groups attached to an aromatic ring is 1. The molecule has 0 radical (unpaired) electrons. The van der Waals surface area contributed by atoms with Crippen LogP contribution in [-0.2, 0) is 13.5 Å². The predicted molar refractivity (Wildman–Crippen MR) is 69.5 cm³/mol. The Morgan fingerprint density at radius 1 is 1.31 bits per heavy atom. The van der Waals surface area contributed by atoms with E-state index in [4.69, 9.17) is 5.73 Å². The monoisotopic (exact) mass is 223 g/mol. The van der Waals surface area contributed by atoms with Gasteiger partial charge in [0.15, 0.2) is 0 Å². The predicted octanol–water partition coefficient (Wildman–Crippen LogP) is 3.10. The van der Waals surface area contributed by atoms with Crippen LogP contribution in [0.25, 0.3) is 0 Å². The Morgan fingerprint density at radius 2 is 1.94 bits per heavy atom. The van der Waals surface area contributed by atoms with E-state index in [-0.39, 0.29) is 0 Å². The van der Waals surface area contributed by atoms with Gasteiger partial charge in [0.05, 0.1) is 5.69 Å². The largest absolute Gasteiger partial charge is 0.384 e. The van der Waals surface area contributed by atoms with Crippen molar-refractivity contribution in [2.75, 3.05) is 5.73 Å². The first-order chi connectivity index (χ1) is 7.47. The van der Waals surface area contributed by atoms with E-state index in [0.29, 0.717) is 11.8 Å². The van der Waals surface area contributed by atoms with E-state index in [1.54, 1.807) is 0 Å². The lowest BCUT2D eigenvalue weighted by molar-refractivity contribution is 0.604. The molecule has 0 aliphatic heterocycles. The topological polar surface area (TPSA) is 43.8 Å². The lowest BCUT2D eigenvalue weighted by Crippen LogP contribution is -2.03. The minimum atomic E-state index is 0.516. The summed E-state index contributed by atoms with van der Waals surface area (Å²) in [6.45, 7) is 8.90. The van der Waals surface area contributed by atoms with Gasteiger partial charge in [0, 0.05) is 18.5 Å². The van der Waals surface area contributed by atoms with Crippen molar-refractivity contribution in [3.63, 3.8) is 0 Å². The van der Waals surface area contributed by atoms with Crippen LogP contribution in [0.1, 0.15) is 57.7 Å². The van der Waals surface area contributed by atoms with Gasteiger partial charge in [-0.3, -0.25) is 4.68 Å². The summed E-state index contributed by atoms with van der Waals surface area (Å²) < 4.78 is 1.82. The molecule has 0 bridgehead atoms. The molecule has 0 saturated heterocycles. The fourth-order valence-corrected chi connectivity index (χ4v) is 2.19. The number of hydrogen-bond acceptors (Lipinski definition) is 2. The van der Waals surface area contributed by atoms with Crippen molar-refractivity contribution in [1.29, 1.82) is 0 Å². The molecular weight excluding hydrogens is 198 g/mol. The molecule has 0 amide bonds. The second-order valence-corrected chi connectivity index (χ2v) is 5.16. The molecule has 0 aliphatic carbocycles. The molecule has 1 atom stereocenters. The molecule has 1 aromatic rings. The Morgan fingerprint density at radius 3 is 2.44 bits per heavy atom. The molecule has 0 aromatic carbocycles. The third-order valence-electron chi connectivity index (χ3n) is 3.03. The summed E-state index contributed by atoms with van der Waals surface area (Å²) in [5.41, 5.74) is 8.55. The van der Waals surface area contributed by atoms with Crippen LogP contribution < -0.4 is 5.73 Å². The van der Waals surface area contributed by atoms with Crippen molar-refractivity contribution in [2.45, 2.75) is 52.9 Å². The molecule has 1 unspecified atom stereocenters. The molecule has 0 spiro atoms. The second kappa shape index (κ2) is 5.37. The molecule has 3 heteroatoms. The highest BCUT2D eigenvalue weighted by atomic mass is 15.3. The summed E-state index contributed by atoms with van der Waals surface area (Å²) in [6, 6.07) is 0. The molecule has 1 aromatic heterocycles. The van der Waals surface area contributed by atoms with Gasteiger partial charge in [-0.1, -0.05) is 34.1 Å². The Kier molecular flexibility index (Phi) is 4.39. The quantitative estimate of drug-likeness (QED) is 0.833. The zero-order valence-corrected chi connectivity index (χ0v) is 11.2. The SMILES string of the molecule is CCCC(C)c1nn(C)c(N)c1CC(C)C. The van der Waals surface area contributed by atoms with Crippen LogP contribution >= 0.6 is 0 Å². The van der Waals surface area contributed by atoms with Crippen molar-refractivity contribution in [1.82, 2.24) is 9.78 Å². The lowest BCUT2D eigenvalue weighted by atomic mass is 9.94. The fourth-order valence-electron chi connectivity index (χ4n) is 2.19. The van der Waals surface area contributed by atoms with Crippen LogP contribution in [0.5, 0.6) is 0 Å². The lowest BCUT2D eigenvalue weighted by Gasteiger charge is -2.11. The van der Waals surface area contributed by atoms with Gasteiger partial charge >= 0.3 is 0 Å². The Hall–Kier alpha value is -0.990. The first-order valence-electron chi connectivity index (χ1n) is 6.28. The standard InChI is InChI=1S/C13H25N3/c1-6-7-10(4)12-11(8-9(2)3)13(14)16(5)15-12/h9-10H,6-8,14H2,1-5H3. The van der Waals surface area contributed by atoms with E-state index in [0.717, 1.165) is 12.2 Å². The molecule has 92 valence electrons. The number of nitrogens with zero attached hydrogens (tertiary/aromatic N) is 2. The molecule has 0 fully saturated rings. The van der Waals surface area contributed by atoms with Crippen molar-refractivity contribution < 1.29 is 0 Å². The normalized spacial score (nSPS) is 13.4. The minimum Gasteiger partial charge on any atom is -0.384 e. The summed E-state index contributed by atoms with van der Waals surface area (Å²) in [6.07, 6.45) is 3.41. The number of anilines is 1. The average Bonchev–Trinajstić information content (AvgIpc) is 2.46. The maximum atomic E-state index is 6.09. The number of nitrogens with two attached hydrogens (primary N) is 1. The zero-order chi connectivity index (χ0) is 12.3. The summed E-state index contributed by atoms with van der Waals surface area (Å²) in [4.78, 5) is 0. The van der Waals surface area contributed by atoms with E-state index >= 15 is 0 Å². The van der Waals surface area contributed by atoms with E-state index in [1.807, 2.05) is 11.7 Å². The van der Waals surface area contributed by atoms with Crippen LogP contribution in [0, 0.1) is 5.92 Å². The summed E-state index contributed by atoms with van der Waals surface area (Å²) >= 11 is 0. The summed E-state index contributed by atoms with van der Waals surface area (Å²) in [5, 5.41) is 4.57. The van der Waals surface area contributed by atoms with Crippen molar-refractivity contribution in [2.24, 2.45) is 13.0 Å². The van der Waals surface area contributed by atoms with Gasteiger partial charge in [-0.25, -0.2) is 0 Å². The number of aryl methyl sites for hydroxylation is 1. The molecule has 16 heavy (non-hydrogen) atoms. The van der Waals surface area contributed by atoms with Gasteiger partial charge in [0.25, 0.3) is 0 Å². The molecule has 3 nitrogen and oxygen atoms in total. The highest BCUT2D eigenvalue weighted by Crippen LogP contribution is 2.28. The average molecular weight is 223 g/mol. The van der Waals surface area contributed by atoms with Crippen LogP contribution in [0.4, 0.5) is 5.82 Å². The van der Waals surface area contributed by atoms with E-state index in [1.165, 1.54) is 24.1 Å². The van der Waals surface area contributed by atoms with Crippen molar-refractivity contribution >= 4 is 5.82 Å². The van der Waals surface area contributed by atoms with Crippen LogP contribution in [0.15, 0.2) is 0 Å². The molecule has 1 rings (SSSR count). The summed E-state index contributed by atoms with van der Waals surface area (Å²) in [5.74, 6) is 1.98. The van der Waals surface area contributed by atoms with Gasteiger partial charge in [-0.2, -0.15) is 5.10 Å². The maximum absolute atomic E-state index is 6.09. The smallest absolute Gasteiger partial charge is 0.124 e. The molecule has 0 saturated carbocycles. The maximum Gasteiger partial charge on any atom is 0.124 e. The molecular formula is C13H25N3. The molecule has 0 aliphatic rings. The van der Waals surface area contributed by atoms with E-state index in [2.05, 4.69) is 32.8 Å². The van der Waals surface area contributed by atoms with Crippen LogP contribution in [-0.4, -0.2) is 9.78 Å². The van der Waals surface area contributed by atoms with Gasteiger partial charge in [0.2, 0.25) is 0 Å². The van der Waals surface area contributed by atoms with Crippen LogP contribution in [0.3, 0.4) is 0 Å². The van der Waals surface area contributed by atoms with E-state index < -0.39 is 0 Å². The number of rotatable bonds is 5. The summed E-state index contributed by atoms with van der Waals surface area (Å²) in [7, 11) is 1.93. The Labute approximate surface area is 99.0 Å². The fraction of sp³-hybridized carbons (Fsp3) is 0.769. The second-order valence-electron chi connectivity index (χ2n) is 5.16. The van der Waals surface area contributed by atoms with Crippen molar-refractivity contribution in [3.05, 3.63) is 11.3 Å². The molecule has 1 heterocycles. The van der Waals surface area contributed by atoms with Gasteiger partial charge in [-0.05, 0) is 18.8 Å². The third-order valence-corrected chi connectivity index (χ3v) is 3.03. The van der Waals surface area contributed by atoms with Crippen LogP contribution in [0.2, 0.25) is 0 Å². The van der Waals surface area contributed by atoms with Gasteiger partial charge in [0.1, 0.15) is 5.82 Å². The minimum absolute atomic E-state index is 0.516. The number of aromatic nitrogens is 2. The van der Waals surface area contributed by atoms with Gasteiger partial charge < -0.3 is 5.73 Å². The molecule has 2 N–H and O–H groups in total. The van der Waals surface area contributed by atoms with Gasteiger partial charge in [-0.15, -0.1) is 0 Å². The van der Waals surface area contributed by atoms with Crippen molar-refractivity contribution in [3.8, 4) is 0 Å². The first-order valence-corrected chi connectivity index (χ1v) is 6.28. The highest BCUT2D eigenvalue weighted by molar-refractivity contribution is 5.44.